The van der Waals surface area contributed by atoms with Gasteiger partial charge in [0.15, 0.2) is 11.3 Å². The minimum Gasteiger partial charge on any atom is -0.352 e. The zero-order chi connectivity index (χ0) is 28.9. The molecule has 40 heavy (non-hydrogen) atoms. The molecule has 0 atom stereocenters. The Morgan fingerprint density at radius 1 is 1.15 bits per heavy atom. The zero-order valence-electron chi connectivity index (χ0n) is 22.8. The normalized spacial score (nSPS) is 11.6. The fourth-order valence-electron chi connectivity index (χ4n) is 4.83. The molecule has 0 unspecified atom stereocenters. The third kappa shape index (κ3) is 6.34. The molecule has 0 aliphatic heterocycles. The molecule has 11 heteroatoms. The van der Waals surface area contributed by atoms with Gasteiger partial charge in [-0.25, -0.2) is 4.98 Å². The molecule has 0 fully saturated rings. The van der Waals surface area contributed by atoms with Crippen molar-refractivity contribution < 1.29 is 18.0 Å². The second-order valence-electron chi connectivity index (χ2n) is 9.63. The van der Waals surface area contributed by atoms with Crippen molar-refractivity contribution in [2.24, 2.45) is 0 Å². The standard InChI is InChI=1S/C29H32F3N7O/c1-5-8-33-9-7-10-35-28(40)25-19(3)14-21(15-20(25)4)16-23-27-36-17-24(39(27)13-11-34-23)22-18-38(12-6-2)37-26(22)29(30,31)32/h1,11,13-15,17-18,33H,6-10,12,16H2,2-4H3,(H,35,40). The van der Waals surface area contributed by atoms with Crippen LogP contribution in [0.4, 0.5) is 13.2 Å². The highest BCUT2D eigenvalue weighted by molar-refractivity contribution is 5.97. The molecule has 0 bridgehead atoms. The molecule has 0 aliphatic carbocycles. The molecule has 0 spiro atoms. The van der Waals surface area contributed by atoms with Gasteiger partial charge in [-0.2, -0.15) is 18.3 Å². The number of hydrogen-bond acceptors (Lipinski definition) is 5. The predicted molar refractivity (Wildman–Crippen MR) is 147 cm³/mol. The summed E-state index contributed by atoms with van der Waals surface area (Å²) in [7, 11) is 0. The summed E-state index contributed by atoms with van der Waals surface area (Å²) in [5.41, 5.74) is 3.59. The average Bonchev–Trinajstić information content (AvgIpc) is 3.51. The van der Waals surface area contributed by atoms with Gasteiger partial charge in [0.25, 0.3) is 5.91 Å². The number of aromatic nitrogens is 5. The average molecular weight is 552 g/mol. The van der Waals surface area contributed by atoms with Crippen molar-refractivity contribution in [3.05, 3.63) is 70.6 Å². The third-order valence-corrected chi connectivity index (χ3v) is 6.49. The van der Waals surface area contributed by atoms with Crippen LogP contribution in [0, 0.1) is 26.2 Å². The van der Waals surface area contributed by atoms with Gasteiger partial charge in [-0.15, -0.1) is 6.42 Å². The van der Waals surface area contributed by atoms with Crippen LogP contribution >= 0.6 is 0 Å². The lowest BCUT2D eigenvalue weighted by atomic mass is 9.96. The van der Waals surface area contributed by atoms with Crippen molar-refractivity contribution in [3.63, 3.8) is 0 Å². The monoisotopic (exact) mass is 551 g/mol. The summed E-state index contributed by atoms with van der Waals surface area (Å²) in [5.74, 6) is 2.37. The first-order valence-electron chi connectivity index (χ1n) is 13.1. The first kappa shape index (κ1) is 28.8. The molecule has 0 aliphatic rings. The number of aryl methyl sites for hydroxylation is 3. The molecule has 4 rings (SSSR count). The maximum absolute atomic E-state index is 13.8. The molecule has 8 nitrogen and oxygen atoms in total. The molecular weight excluding hydrogens is 519 g/mol. The first-order chi connectivity index (χ1) is 19.1. The highest BCUT2D eigenvalue weighted by Gasteiger charge is 2.38. The Labute approximate surface area is 231 Å². The number of alkyl halides is 3. The molecule has 1 amide bonds. The third-order valence-electron chi connectivity index (χ3n) is 6.49. The maximum atomic E-state index is 13.8. The Hall–Kier alpha value is -4.17. The van der Waals surface area contributed by atoms with Crippen LogP contribution in [0.15, 0.2) is 36.9 Å². The lowest BCUT2D eigenvalue weighted by molar-refractivity contribution is -0.141. The van der Waals surface area contributed by atoms with Crippen LogP contribution < -0.4 is 10.6 Å². The molecule has 4 aromatic rings. The van der Waals surface area contributed by atoms with Crippen molar-refractivity contribution in [1.29, 1.82) is 0 Å². The number of rotatable bonds is 11. The van der Waals surface area contributed by atoms with E-state index in [1.54, 1.807) is 16.8 Å². The number of carbonyl (C=O) groups excluding carboxylic acids is 1. The smallest absolute Gasteiger partial charge is 0.352 e. The summed E-state index contributed by atoms with van der Waals surface area (Å²) in [6, 6.07) is 3.86. The van der Waals surface area contributed by atoms with E-state index in [9.17, 15) is 18.0 Å². The maximum Gasteiger partial charge on any atom is 0.435 e. The number of imidazole rings is 1. The van der Waals surface area contributed by atoms with Gasteiger partial charge in [-0.05, 0) is 49.9 Å². The van der Waals surface area contributed by atoms with Crippen molar-refractivity contribution in [3.8, 4) is 23.6 Å². The Balaban J connectivity index is 1.57. The van der Waals surface area contributed by atoms with Gasteiger partial charge in [0.05, 0.1) is 29.7 Å². The van der Waals surface area contributed by atoms with E-state index in [2.05, 4.69) is 31.6 Å². The molecule has 210 valence electrons. The van der Waals surface area contributed by atoms with Gasteiger partial charge in [0, 0.05) is 43.7 Å². The summed E-state index contributed by atoms with van der Waals surface area (Å²) in [6.07, 6.45) is 8.42. The van der Waals surface area contributed by atoms with E-state index in [0.717, 1.165) is 23.1 Å². The number of hydrogen-bond donors (Lipinski definition) is 2. The molecule has 3 aromatic heterocycles. The Kier molecular flexibility index (Phi) is 8.90. The van der Waals surface area contributed by atoms with E-state index in [0.29, 0.717) is 61.6 Å². The van der Waals surface area contributed by atoms with Crippen LogP contribution in [0.3, 0.4) is 0 Å². The fourth-order valence-corrected chi connectivity index (χ4v) is 4.83. The highest BCUT2D eigenvalue weighted by Crippen LogP contribution is 2.36. The SMILES string of the molecule is C#CCNCCCNC(=O)c1c(C)cc(Cc2nccn3c(-c4cn(CCC)nc4C(F)(F)F)cnc23)cc1C. The summed E-state index contributed by atoms with van der Waals surface area (Å²) in [6.45, 7) is 7.76. The lowest BCUT2D eigenvalue weighted by Crippen LogP contribution is -2.28. The molecule has 1 aromatic carbocycles. The molecule has 3 heterocycles. The molecule has 0 saturated heterocycles. The summed E-state index contributed by atoms with van der Waals surface area (Å²) >= 11 is 0. The van der Waals surface area contributed by atoms with Gasteiger partial charge >= 0.3 is 6.18 Å². The number of nitrogens with one attached hydrogen (secondary N) is 2. The number of carbonyl (C=O) groups is 1. The van der Waals surface area contributed by atoms with Gasteiger partial charge in [0.1, 0.15) is 0 Å². The van der Waals surface area contributed by atoms with Crippen LogP contribution in [0.2, 0.25) is 0 Å². The second kappa shape index (κ2) is 12.3. The Morgan fingerprint density at radius 3 is 2.58 bits per heavy atom. The minimum absolute atomic E-state index is 0.0283. The van der Waals surface area contributed by atoms with Gasteiger partial charge in [0.2, 0.25) is 0 Å². The topological polar surface area (TPSA) is 89.1 Å². The van der Waals surface area contributed by atoms with Gasteiger partial charge in [-0.1, -0.05) is 25.0 Å². The molecular formula is C29H32F3N7O. The molecule has 0 saturated carbocycles. The van der Waals surface area contributed by atoms with Crippen LogP contribution in [-0.4, -0.2) is 49.7 Å². The fraction of sp³-hybridized carbons (Fsp3) is 0.379. The van der Waals surface area contributed by atoms with Crippen LogP contribution in [0.5, 0.6) is 0 Å². The predicted octanol–water partition coefficient (Wildman–Crippen LogP) is 4.57. The highest BCUT2D eigenvalue weighted by atomic mass is 19.4. The van der Waals surface area contributed by atoms with E-state index >= 15 is 0 Å². The molecule has 2 N–H and O–H groups in total. The number of amides is 1. The van der Waals surface area contributed by atoms with Crippen molar-refractivity contribution in [2.45, 2.75) is 52.8 Å². The van der Waals surface area contributed by atoms with Crippen molar-refractivity contribution in [1.82, 2.24) is 34.8 Å². The summed E-state index contributed by atoms with van der Waals surface area (Å²) in [5, 5.41) is 9.83. The number of halogens is 3. The van der Waals surface area contributed by atoms with Crippen LogP contribution in [0.25, 0.3) is 16.9 Å². The Bertz CT molecular complexity index is 1520. The van der Waals surface area contributed by atoms with Crippen molar-refractivity contribution in [2.75, 3.05) is 19.6 Å². The molecule has 0 radical (unpaired) electrons. The Morgan fingerprint density at radius 2 is 1.90 bits per heavy atom. The summed E-state index contributed by atoms with van der Waals surface area (Å²) in [4.78, 5) is 21.7. The zero-order valence-corrected chi connectivity index (χ0v) is 22.8. The minimum atomic E-state index is -4.60. The number of fused-ring (bicyclic) bond motifs is 1. The number of benzene rings is 1. The van der Waals surface area contributed by atoms with E-state index in [1.165, 1.54) is 17.1 Å². The second-order valence-corrected chi connectivity index (χ2v) is 9.63. The summed E-state index contributed by atoms with van der Waals surface area (Å²) < 4.78 is 44.3. The van der Waals surface area contributed by atoms with Gasteiger partial charge < -0.3 is 10.6 Å². The van der Waals surface area contributed by atoms with Crippen LogP contribution in [-0.2, 0) is 19.1 Å². The van der Waals surface area contributed by atoms with E-state index in [4.69, 9.17) is 6.42 Å². The first-order valence-corrected chi connectivity index (χ1v) is 13.1. The number of terminal acetylenes is 1. The van der Waals surface area contributed by atoms with E-state index in [-0.39, 0.29) is 11.5 Å². The quantitative estimate of drug-likeness (QED) is 0.211. The largest absolute Gasteiger partial charge is 0.435 e. The van der Waals surface area contributed by atoms with E-state index in [1.807, 2.05) is 32.9 Å². The number of nitrogens with zero attached hydrogens (tertiary/aromatic N) is 5. The van der Waals surface area contributed by atoms with Crippen molar-refractivity contribution >= 4 is 11.6 Å². The van der Waals surface area contributed by atoms with Crippen LogP contribution in [0.1, 0.15) is 58.2 Å². The lowest BCUT2D eigenvalue weighted by Gasteiger charge is -2.13. The van der Waals surface area contributed by atoms with E-state index < -0.39 is 11.9 Å². The van der Waals surface area contributed by atoms with Gasteiger partial charge in [-0.3, -0.25) is 18.9 Å².